The van der Waals surface area contributed by atoms with E-state index in [9.17, 15) is 4.79 Å². The number of hydrogen-bond donors (Lipinski definition) is 1. The number of carbonyl (C=O) groups is 1. The van der Waals surface area contributed by atoms with Crippen LogP contribution in [0.25, 0.3) is 10.8 Å². The Bertz CT molecular complexity index is 783. The zero-order chi connectivity index (χ0) is 13.9. The van der Waals surface area contributed by atoms with E-state index in [2.05, 4.69) is 31.2 Å². The maximum Gasteiger partial charge on any atom is 0.255 e. The van der Waals surface area contributed by atoms with Crippen LogP contribution in [-0.4, -0.2) is 15.9 Å². The number of carbonyl (C=O) groups excluding carboxylic acids is 1. The summed E-state index contributed by atoms with van der Waals surface area (Å²) in [6.45, 7) is 0. The minimum atomic E-state index is -0.176. The van der Waals surface area contributed by atoms with Crippen LogP contribution < -0.4 is 5.32 Å². The van der Waals surface area contributed by atoms with E-state index in [0.29, 0.717) is 10.2 Å². The summed E-state index contributed by atoms with van der Waals surface area (Å²) < 4.78 is 0.629. The molecule has 5 heteroatoms. The molecule has 0 spiro atoms. The SMILES string of the molecule is O=C(Nc1cccc2ccncc12)c1ccnc(Br)c1. The van der Waals surface area contributed by atoms with E-state index >= 15 is 0 Å². The Morgan fingerprint density at radius 1 is 1.15 bits per heavy atom. The highest BCUT2D eigenvalue weighted by molar-refractivity contribution is 9.10. The van der Waals surface area contributed by atoms with Crippen LogP contribution in [0.4, 0.5) is 5.69 Å². The predicted octanol–water partition coefficient (Wildman–Crippen LogP) is 3.64. The number of pyridine rings is 2. The first-order valence-corrected chi connectivity index (χ1v) is 6.79. The van der Waals surface area contributed by atoms with Crippen molar-refractivity contribution in [3.05, 3.63) is 65.2 Å². The van der Waals surface area contributed by atoms with Crippen LogP contribution in [0.1, 0.15) is 10.4 Å². The highest BCUT2D eigenvalue weighted by Crippen LogP contribution is 2.22. The van der Waals surface area contributed by atoms with Gasteiger partial charge >= 0.3 is 0 Å². The molecule has 0 aliphatic heterocycles. The summed E-state index contributed by atoms with van der Waals surface area (Å²) in [5, 5.41) is 4.85. The molecule has 3 aromatic rings. The summed E-state index contributed by atoms with van der Waals surface area (Å²) in [5.74, 6) is -0.176. The van der Waals surface area contributed by atoms with Crippen molar-refractivity contribution in [2.45, 2.75) is 0 Å². The van der Waals surface area contributed by atoms with Crippen LogP contribution in [-0.2, 0) is 0 Å². The molecule has 20 heavy (non-hydrogen) atoms. The van der Waals surface area contributed by atoms with Gasteiger partial charge in [0.1, 0.15) is 4.60 Å². The molecule has 0 saturated carbocycles. The Hall–Kier alpha value is -2.27. The van der Waals surface area contributed by atoms with Gasteiger partial charge in [0.2, 0.25) is 0 Å². The lowest BCUT2D eigenvalue weighted by molar-refractivity contribution is 0.102. The molecule has 1 amide bonds. The van der Waals surface area contributed by atoms with Crippen LogP contribution in [0.5, 0.6) is 0 Å². The van der Waals surface area contributed by atoms with Crippen molar-refractivity contribution in [1.29, 1.82) is 0 Å². The molecule has 2 heterocycles. The molecular weight excluding hydrogens is 318 g/mol. The second kappa shape index (κ2) is 5.38. The number of aromatic nitrogens is 2. The first kappa shape index (κ1) is 12.7. The zero-order valence-electron chi connectivity index (χ0n) is 10.4. The molecule has 0 bridgehead atoms. The van der Waals surface area contributed by atoms with E-state index in [1.807, 2.05) is 24.3 Å². The summed E-state index contributed by atoms with van der Waals surface area (Å²) in [4.78, 5) is 20.3. The monoisotopic (exact) mass is 327 g/mol. The summed E-state index contributed by atoms with van der Waals surface area (Å²) in [7, 11) is 0. The maximum atomic E-state index is 12.2. The van der Waals surface area contributed by atoms with Crippen molar-refractivity contribution in [3.8, 4) is 0 Å². The zero-order valence-corrected chi connectivity index (χ0v) is 12.0. The summed E-state index contributed by atoms with van der Waals surface area (Å²) in [5.41, 5.74) is 1.29. The van der Waals surface area contributed by atoms with Crippen molar-refractivity contribution in [2.75, 3.05) is 5.32 Å². The first-order valence-electron chi connectivity index (χ1n) is 6.00. The number of nitrogens with one attached hydrogen (secondary N) is 1. The van der Waals surface area contributed by atoms with Gasteiger partial charge in [0.25, 0.3) is 5.91 Å². The molecule has 0 unspecified atom stereocenters. The molecule has 0 fully saturated rings. The minimum absolute atomic E-state index is 0.176. The molecular formula is C15H10BrN3O. The maximum absolute atomic E-state index is 12.2. The molecule has 0 aliphatic rings. The van der Waals surface area contributed by atoms with Gasteiger partial charge in [0.05, 0.1) is 5.69 Å². The van der Waals surface area contributed by atoms with Crippen molar-refractivity contribution in [3.63, 3.8) is 0 Å². The normalized spacial score (nSPS) is 10.4. The van der Waals surface area contributed by atoms with Crippen LogP contribution >= 0.6 is 15.9 Å². The van der Waals surface area contributed by atoms with Crippen molar-refractivity contribution in [2.24, 2.45) is 0 Å². The Morgan fingerprint density at radius 3 is 2.90 bits per heavy atom. The van der Waals surface area contributed by atoms with Gasteiger partial charge in [0.15, 0.2) is 0 Å². The van der Waals surface area contributed by atoms with E-state index < -0.39 is 0 Å². The number of anilines is 1. The topological polar surface area (TPSA) is 54.9 Å². The lowest BCUT2D eigenvalue weighted by atomic mass is 10.1. The molecule has 1 N–H and O–H groups in total. The molecule has 0 saturated heterocycles. The van der Waals surface area contributed by atoms with Crippen LogP contribution in [0.3, 0.4) is 0 Å². The number of hydrogen-bond acceptors (Lipinski definition) is 3. The number of amides is 1. The molecule has 0 radical (unpaired) electrons. The number of fused-ring (bicyclic) bond motifs is 1. The highest BCUT2D eigenvalue weighted by Gasteiger charge is 2.08. The van der Waals surface area contributed by atoms with Crippen LogP contribution in [0, 0.1) is 0 Å². The number of rotatable bonds is 2. The van der Waals surface area contributed by atoms with Crippen LogP contribution in [0.2, 0.25) is 0 Å². The van der Waals surface area contributed by atoms with Gasteiger partial charge in [-0.3, -0.25) is 9.78 Å². The number of nitrogens with zero attached hydrogens (tertiary/aromatic N) is 2. The van der Waals surface area contributed by atoms with Gasteiger partial charge in [-0.2, -0.15) is 0 Å². The second-order valence-electron chi connectivity index (χ2n) is 4.22. The van der Waals surface area contributed by atoms with Gasteiger partial charge in [0, 0.05) is 29.5 Å². The molecule has 0 aliphatic carbocycles. The quantitative estimate of drug-likeness (QED) is 0.731. The van der Waals surface area contributed by atoms with Gasteiger partial charge in [-0.25, -0.2) is 4.98 Å². The molecule has 3 rings (SSSR count). The Morgan fingerprint density at radius 2 is 2.05 bits per heavy atom. The fraction of sp³-hybridized carbons (Fsp3) is 0. The number of halogens is 1. The van der Waals surface area contributed by atoms with Crippen LogP contribution in [0.15, 0.2) is 59.6 Å². The van der Waals surface area contributed by atoms with Gasteiger partial charge < -0.3 is 5.32 Å². The predicted molar refractivity (Wildman–Crippen MR) is 81.6 cm³/mol. The van der Waals surface area contributed by atoms with E-state index in [-0.39, 0.29) is 5.91 Å². The summed E-state index contributed by atoms with van der Waals surface area (Å²) in [6.07, 6.45) is 5.06. The average molecular weight is 328 g/mol. The third kappa shape index (κ3) is 2.53. The van der Waals surface area contributed by atoms with E-state index in [0.717, 1.165) is 16.5 Å². The molecule has 0 atom stereocenters. The molecule has 4 nitrogen and oxygen atoms in total. The highest BCUT2D eigenvalue weighted by atomic mass is 79.9. The Balaban J connectivity index is 1.95. The van der Waals surface area contributed by atoms with Gasteiger partial charge in [-0.15, -0.1) is 0 Å². The van der Waals surface area contributed by atoms with E-state index in [1.165, 1.54) is 0 Å². The lowest BCUT2D eigenvalue weighted by Crippen LogP contribution is -2.12. The molecule has 2 aromatic heterocycles. The molecule has 1 aromatic carbocycles. The fourth-order valence-corrected chi connectivity index (χ4v) is 2.33. The van der Waals surface area contributed by atoms with E-state index in [4.69, 9.17) is 0 Å². The lowest BCUT2D eigenvalue weighted by Gasteiger charge is -2.08. The first-order chi connectivity index (χ1) is 9.74. The third-order valence-corrected chi connectivity index (χ3v) is 3.35. The van der Waals surface area contributed by atoms with E-state index in [1.54, 1.807) is 30.7 Å². The Labute approximate surface area is 124 Å². The van der Waals surface area contributed by atoms with Crippen molar-refractivity contribution >= 4 is 38.3 Å². The summed E-state index contributed by atoms with van der Waals surface area (Å²) in [6, 6.07) is 11.0. The minimum Gasteiger partial charge on any atom is -0.321 e. The van der Waals surface area contributed by atoms with Crippen molar-refractivity contribution in [1.82, 2.24) is 9.97 Å². The fourth-order valence-electron chi connectivity index (χ4n) is 1.96. The standard InChI is InChI=1S/C15H10BrN3O/c16-14-8-11(5-7-18-14)15(20)19-13-3-1-2-10-4-6-17-9-12(10)13/h1-9H,(H,19,20). The van der Waals surface area contributed by atoms with Gasteiger partial charge in [-0.05, 0) is 45.6 Å². The largest absolute Gasteiger partial charge is 0.321 e. The number of benzene rings is 1. The second-order valence-corrected chi connectivity index (χ2v) is 5.04. The Kier molecular flexibility index (Phi) is 3.43. The van der Waals surface area contributed by atoms with Crippen molar-refractivity contribution < 1.29 is 4.79 Å². The van der Waals surface area contributed by atoms with Gasteiger partial charge in [-0.1, -0.05) is 12.1 Å². The third-order valence-electron chi connectivity index (χ3n) is 2.92. The summed E-state index contributed by atoms with van der Waals surface area (Å²) >= 11 is 3.25. The molecule has 98 valence electrons. The smallest absolute Gasteiger partial charge is 0.255 e. The average Bonchev–Trinajstić information content (AvgIpc) is 2.47.